The molecule has 3 N–H and O–H groups in total. The van der Waals surface area contributed by atoms with E-state index in [9.17, 15) is 22.4 Å². The second-order valence-electron chi connectivity index (χ2n) is 3.90. The number of rotatable bonds is 5. The summed E-state index contributed by atoms with van der Waals surface area (Å²) < 4.78 is 39.3. The average molecular weight is 304 g/mol. The smallest absolute Gasteiger partial charge is 0.338 e. The lowest BCUT2D eigenvalue weighted by Crippen LogP contribution is -2.35. The van der Waals surface area contributed by atoms with Crippen molar-refractivity contribution in [2.24, 2.45) is 0 Å². The number of carboxylic acids is 1. The topological polar surface area (TPSA) is 113 Å². The van der Waals surface area contributed by atoms with E-state index >= 15 is 0 Å². The molecule has 1 amide bonds. The minimum Gasteiger partial charge on any atom is -0.478 e. The van der Waals surface area contributed by atoms with Gasteiger partial charge in [0.1, 0.15) is 5.82 Å². The molecule has 7 nitrogen and oxygen atoms in total. The van der Waals surface area contributed by atoms with E-state index in [2.05, 4.69) is 5.32 Å². The van der Waals surface area contributed by atoms with E-state index in [1.54, 1.807) is 0 Å². The molecule has 0 aliphatic heterocycles. The Bertz CT molecular complexity index is 657. The number of amides is 1. The van der Waals surface area contributed by atoms with Crippen molar-refractivity contribution in [3.05, 3.63) is 29.1 Å². The van der Waals surface area contributed by atoms with E-state index in [1.165, 1.54) is 14.0 Å². The van der Waals surface area contributed by atoms with Gasteiger partial charge in [-0.3, -0.25) is 4.79 Å². The SMILES string of the molecule is CNC(=O)CNS(=O)(=O)c1cc(C)c(F)c(C(=O)O)c1. The minimum atomic E-state index is -4.10. The molecule has 0 saturated carbocycles. The first-order valence-electron chi connectivity index (χ1n) is 5.42. The van der Waals surface area contributed by atoms with Crippen LogP contribution in [0, 0.1) is 12.7 Å². The fourth-order valence-electron chi connectivity index (χ4n) is 1.38. The maximum absolute atomic E-state index is 13.5. The highest BCUT2D eigenvalue weighted by Gasteiger charge is 2.21. The number of sulfonamides is 1. The zero-order valence-corrected chi connectivity index (χ0v) is 11.5. The Morgan fingerprint density at radius 3 is 2.45 bits per heavy atom. The van der Waals surface area contributed by atoms with Crippen LogP contribution in [-0.4, -0.2) is 39.0 Å². The van der Waals surface area contributed by atoms with Crippen molar-refractivity contribution in [3.8, 4) is 0 Å². The van der Waals surface area contributed by atoms with Crippen LogP contribution in [0.2, 0.25) is 0 Å². The predicted molar refractivity (Wildman–Crippen MR) is 67.4 cm³/mol. The number of benzene rings is 1. The summed E-state index contributed by atoms with van der Waals surface area (Å²) in [6.45, 7) is 0.747. The van der Waals surface area contributed by atoms with Gasteiger partial charge in [-0.1, -0.05) is 0 Å². The predicted octanol–water partition coefficient (Wildman–Crippen LogP) is -0.143. The summed E-state index contributed by atoms with van der Waals surface area (Å²) in [5.41, 5.74) is -0.865. The molecule has 1 aromatic rings. The van der Waals surface area contributed by atoms with Gasteiger partial charge in [0.2, 0.25) is 15.9 Å². The van der Waals surface area contributed by atoms with Gasteiger partial charge in [-0.25, -0.2) is 22.3 Å². The van der Waals surface area contributed by atoms with Crippen LogP contribution >= 0.6 is 0 Å². The number of aromatic carboxylic acids is 1. The molecule has 0 unspecified atom stereocenters. The van der Waals surface area contributed by atoms with E-state index in [0.717, 1.165) is 6.07 Å². The Balaban J connectivity index is 3.19. The van der Waals surface area contributed by atoms with E-state index in [-0.39, 0.29) is 5.56 Å². The van der Waals surface area contributed by atoms with Crippen LogP contribution in [0.4, 0.5) is 4.39 Å². The second kappa shape index (κ2) is 5.97. The van der Waals surface area contributed by atoms with E-state index in [4.69, 9.17) is 5.11 Å². The van der Waals surface area contributed by atoms with Gasteiger partial charge >= 0.3 is 5.97 Å². The van der Waals surface area contributed by atoms with Gasteiger partial charge in [0.05, 0.1) is 17.0 Å². The summed E-state index contributed by atoms with van der Waals surface area (Å²) in [7, 11) is -2.77. The normalized spacial score (nSPS) is 11.2. The lowest BCUT2D eigenvalue weighted by molar-refractivity contribution is -0.119. The van der Waals surface area contributed by atoms with Crippen LogP contribution in [0.5, 0.6) is 0 Å². The highest BCUT2D eigenvalue weighted by Crippen LogP contribution is 2.19. The summed E-state index contributed by atoms with van der Waals surface area (Å²) in [5, 5.41) is 11.0. The molecule has 0 saturated heterocycles. The fourth-order valence-corrected chi connectivity index (χ4v) is 2.47. The fraction of sp³-hybridized carbons (Fsp3) is 0.273. The Labute approximate surface area is 114 Å². The van der Waals surface area contributed by atoms with E-state index in [1.807, 2.05) is 4.72 Å². The molecule has 0 spiro atoms. The Kier molecular flexibility index (Phi) is 4.79. The van der Waals surface area contributed by atoms with E-state index < -0.39 is 44.7 Å². The number of carbonyl (C=O) groups excluding carboxylic acids is 1. The lowest BCUT2D eigenvalue weighted by atomic mass is 10.1. The highest BCUT2D eigenvalue weighted by molar-refractivity contribution is 7.89. The zero-order valence-electron chi connectivity index (χ0n) is 10.7. The van der Waals surface area contributed by atoms with Crippen LogP contribution in [0.1, 0.15) is 15.9 Å². The van der Waals surface area contributed by atoms with Gasteiger partial charge < -0.3 is 10.4 Å². The first-order chi connectivity index (χ1) is 9.19. The molecular formula is C11H13FN2O5S. The van der Waals surface area contributed by atoms with Crippen LogP contribution in [0.25, 0.3) is 0 Å². The van der Waals surface area contributed by atoms with Crippen LogP contribution < -0.4 is 10.0 Å². The van der Waals surface area contributed by atoms with Crippen molar-refractivity contribution < 1.29 is 27.5 Å². The summed E-state index contributed by atoms with van der Waals surface area (Å²) in [6, 6.07) is 1.70. The van der Waals surface area contributed by atoms with E-state index in [0.29, 0.717) is 6.07 Å². The van der Waals surface area contributed by atoms with Crippen molar-refractivity contribution in [1.82, 2.24) is 10.0 Å². The van der Waals surface area contributed by atoms with Gasteiger partial charge in [-0.2, -0.15) is 0 Å². The molecular weight excluding hydrogens is 291 g/mol. The molecule has 0 fully saturated rings. The number of hydrogen-bond donors (Lipinski definition) is 3. The number of aryl methyl sites for hydroxylation is 1. The highest BCUT2D eigenvalue weighted by atomic mass is 32.2. The second-order valence-corrected chi connectivity index (χ2v) is 5.67. The maximum Gasteiger partial charge on any atom is 0.338 e. The number of carboxylic acid groups (broad SMARTS) is 1. The molecule has 0 aliphatic carbocycles. The number of likely N-dealkylation sites (N-methyl/N-ethyl adjacent to an activating group) is 1. The Hall–Kier alpha value is -2.00. The Morgan fingerprint density at radius 2 is 1.95 bits per heavy atom. The van der Waals surface area contributed by atoms with Crippen molar-refractivity contribution >= 4 is 21.9 Å². The van der Waals surface area contributed by atoms with Crippen LogP contribution in [-0.2, 0) is 14.8 Å². The van der Waals surface area contributed by atoms with Gasteiger partial charge in [0, 0.05) is 7.05 Å². The minimum absolute atomic E-state index is 0.120. The molecule has 1 aromatic carbocycles. The third-order valence-electron chi connectivity index (χ3n) is 2.47. The molecule has 0 aromatic heterocycles. The molecule has 0 heterocycles. The van der Waals surface area contributed by atoms with Crippen molar-refractivity contribution in [1.29, 1.82) is 0 Å². The first kappa shape index (κ1) is 16.1. The number of carbonyl (C=O) groups is 2. The standard InChI is InChI=1S/C11H13FN2O5S/c1-6-3-7(4-8(10(6)12)11(16)17)20(18,19)14-5-9(15)13-2/h3-4,14H,5H2,1-2H3,(H,13,15)(H,16,17). The van der Waals surface area contributed by atoms with Crippen LogP contribution in [0.3, 0.4) is 0 Å². The monoisotopic (exact) mass is 304 g/mol. The number of hydrogen-bond acceptors (Lipinski definition) is 4. The third-order valence-corrected chi connectivity index (χ3v) is 3.85. The van der Waals surface area contributed by atoms with Crippen LogP contribution in [0.15, 0.2) is 17.0 Å². The number of halogens is 1. The Morgan fingerprint density at radius 1 is 1.35 bits per heavy atom. The van der Waals surface area contributed by atoms with Crippen molar-refractivity contribution in [3.63, 3.8) is 0 Å². The molecule has 0 aliphatic rings. The van der Waals surface area contributed by atoms with Crippen molar-refractivity contribution in [2.75, 3.05) is 13.6 Å². The first-order valence-corrected chi connectivity index (χ1v) is 6.91. The summed E-state index contributed by atoms with van der Waals surface area (Å²) >= 11 is 0. The molecule has 0 radical (unpaired) electrons. The maximum atomic E-state index is 13.5. The molecule has 20 heavy (non-hydrogen) atoms. The molecule has 1 rings (SSSR count). The average Bonchev–Trinajstić information content (AvgIpc) is 2.38. The largest absolute Gasteiger partial charge is 0.478 e. The molecule has 110 valence electrons. The zero-order chi connectivity index (χ0) is 15.5. The number of nitrogens with one attached hydrogen (secondary N) is 2. The summed E-state index contributed by atoms with van der Waals surface area (Å²) in [4.78, 5) is 21.4. The molecule has 0 atom stereocenters. The quantitative estimate of drug-likeness (QED) is 0.700. The molecule has 0 bridgehead atoms. The van der Waals surface area contributed by atoms with Crippen molar-refractivity contribution in [2.45, 2.75) is 11.8 Å². The van der Waals surface area contributed by atoms with Gasteiger partial charge in [0.15, 0.2) is 0 Å². The third kappa shape index (κ3) is 3.52. The van der Waals surface area contributed by atoms with Gasteiger partial charge in [0.25, 0.3) is 0 Å². The summed E-state index contributed by atoms with van der Waals surface area (Å²) in [5.74, 6) is -3.14. The lowest BCUT2D eigenvalue weighted by Gasteiger charge is -2.09. The van der Waals surface area contributed by atoms with Gasteiger partial charge in [-0.15, -0.1) is 0 Å². The molecule has 9 heteroatoms. The van der Waals surface area contributed by atoms with Gasteiger partial charge in [-0.05, 0) is 24.6 Å². The summed E-state index contributed by atoms with van der Waals surface area (Å²) in [6.07, 6.45) is 0.